The van der Waals surface area contributed by atoms with Crippen molar-refractivity contribution >= 4 is 5.97 Å². The number of aliphatic carboxylic acids is 1. The highest BCUT2D eigenvalue weighted by Gasteiger charge is 2.26. The normalized spacial score (nSPS) is 22.0. The Hall–Kier alpha value is -1.29. The lowest BCUT2D eigenvalue weighted by molar-refractivity contribution is -0.138. The molecular weight excluding hydrogens is 194 g/mol. The van der Waals surface area contributed by atoms with Gasteiger partial charge < -0.3 is 9.52 Å². The van der Waals surface area contributed by atoms with Gasteiger partial charge in [0.25, 0.3) is 0 Å². The van der Waals surface area contributed by atoms with Crippen molar-refractivity contribution in [2.45, 2.75) is 31.8 Å². The van der Waals surface area contributed by atoms with Gasteiger partial charge in [-0.1, -0.05) is 0 Å². The van der Waals surface area contributed by atoms with Gasteiger partial charge in [-0.25, -0.2) is 0 Å². The Morgan fingerprint density at radius 2 is 2.53 bits per heavy atom. The lowest BCUT2D eigenvalue weighted by Crippen LogP contribution is -2.30. The van der Waals surface area contributed by atoms with Crippen LogP contribution in [0.15, 0.2) is 23.0 Å². The number of rotatable bonds is 4. The Bertz CT molecular complexity index is 321. The van der Waals surface area contributed by atoms with Gasteiger partial charge in [0.2, 0.25) is 0 Å². The smallest absolute Gasteiger partial charge is 0.304 e. The summed E-state index contributed by atoms with van der Waals surface area (Å²) in [6, 6.07) is 2.12. The number of furan rings is 1. The number of nitrogens with zero attached hydrogens (tertiary/aromatic N) is 1. The minimum atomic E-state index is -0.709. The second-order valence-electron chi connectivity index (χ2n) is 4.00. The molecule has 0 amide bonds. The van der Waals surface area contributed by atoms with Crippen LogP contribution in [0, 0.1) is 0 Å². The molecule has 1 aromatic heterocycles. The monoisotopic (exact) mass is 209 g/mol. The molecule has 1 atom stereocenters. The summed E-state index contributed by atoms with van der Waals surface area (Å²) in [6.45, 7) is 1.79. The maximum absolute atomic E-state index is 10.7. The highest BCUT2D eigenvalue weighted by atomic mass is 16.4. The van der Waals surface area contributed by atoms with Crippen LogP contribution < -0.4 is 0 Å². The Kier molecular flexibility index (Phi) is 3.06. The number of hydrogen-bond acceptors (Lipinski definition) is 3. The number of carbonyl (C=O) groups is 1. The molecule has 1 unspecified atom stereocenters. The molecule has 0 aromatic carbocycles. The third-order valence-electron chi connectivity index (χ3n) is 2.88. The molecule has 1 aliphatic heterocycles. The molecule has 0 spiro atoms. The number of likely N-dealkylation sites (tertiary alicyclic amines) is 1. The lowest BCUT2D eigenvalue weighted by Gasteiger charge is -2.22. The quantitative estimate of drug-likeness (QED) is 0.820. The molecule has 1 fully saturated rings. The summed E-state index contributed by atoms with van der Waals surface area (Å²) in [6.07, 6.45) is 5.70. The molecule has 4 heteroatoms. The van der Waals surface area contributed by atoms with Gasteiger partial charge in [0.1, 0.15) is 0 Å². The van der Waals surface area contributed by atoms with E-state index in [0.29, 0.717) is 0 Å². The molecule has 0 bridgehead atoms. The fourth-order valence-corrected chi connectivity index (χ4v) is 2.15. The van der Waals surface area contributed by atoms with E-state index in [-0.39, 0.29) is 12.5 Å². The van der Waals surface area contributed by atoms with Crippen molar-refractivity contribution in [3.05, 3.63) is 24.2 Å². The van der Waals surface area contributed by atoms with E-state index in [1.165, 1.54) is 0 Å². The highest BCUT2D eigenvalue weighted by molar-refractivity contribution is 5.67. The van der Waals surface area contributed by atoms with Crippen LogP contribution in [0.1, 0.15) is 24.8 Å². The van der Waals surface area contributed by atoms with Crippen LogP contribution in [0.4, 0.5) is 0 Å². The topological polar surface area (TPSA) is 53.7 Å². The van der Waals surface area contributed by atoms with E-state index < -0.39 is 5.97 Å². The summed E-state index contributed by atoms with van der Waals surface area (Å²) >= 11 is 0. The average molecular weight is 209 g/mol. The molecule has 4 nitrogen and oxygen atoms in total. The summed E-state index contributed by atoms with van der Waals surface area (Å²) in [5.41, 5.74) is 1.12. The third-order valence-corrected chi connectivity index (χ3v) is 2.88. The molecule has 15 heavy (non-hydrogen) atoms. The van der Waals surface area contributed by atoms with Crippen molar-refractivity contribution < 1.29 is 14.3 Å². The second-order valence-corrected chi connectivity index (χ2v) is 4.00. The first-order valence-electron chi connectivity index (χ1n) is 5.22. The van der Waals surface area contributed by atoms with Crippen molar-refractivity contribution in [3.8, 4) is 0 Å². The SMILES string of the molecule is O=C(O)CC1CCCN1Cc1ccoc1. The zero-order valence-electron chi connectivity index (χ0n) is 8.56. The van der Waals surface area contributed by atoms with Gasteiger partial charge in [0, 0.05) is 18.2 Å². The van der Waals surface area contributed by atoms with Crippen LogP contribution in [0.5, 0.6) is 0 Å². The van der Waals surface area contributed by atoms with E-state index in [1.807, 2.05) is 6.07 Å². The van der Waals surface area contributed by atoms with E-state index in [9.17, 15) is 4.79 Å². The number of hydrogen-bond donors (Lipinski definition) is 1. The van der Waals surface area contributed by atoms with Gasteiger partial charge in [-0.05, 0) is 25.5 Å². The average Bonchev–Trinajstić information content (AvgIpc) is 2.78. The second kappa shape index (κ2) is 4.49. The largest absolute Gasteiger partial charge is 0.481 e. The molecule has 1 N–H and O–H groups in total. The van der Waals surface area contributed by atoms with Crippen LogP contribution in [0.3, 0.4) is 0 Å². The van der Waals surface area contributed by atoms with Crippen molar-refractivity contribution in [1.29, 1.82) is 0 Å². The van der Waals surface area contributed by atoms with Crippen LogP contribution in [0.25, 0.3) is 0 Å². The molecule has 82 valence electrons. The summed E-state index contributed by atoms with van der Waals surface area (Å²) in [5, 5.41) is 8.77. The Balaban J connectivity index is 1.93. The van der Waals surface area contributed by atoms with Gasteiger partial charge in [0.15, 0.2) is 0 Å². The Morgan fingerprint density at radius 1 is 1.67 bits per heavy atom. The summed E-state index contributed by atoms with van der Waals surface area (Å²) in [5.74, 6) is -0.709. The fourth-order valence-electron chi connectivity index (χ4n) is 2.15. The maximum Gasteiger partial charge on any atom is 0.304 e. The fraction of sp³-hybridized carbons (Fsp3) is 0.545. The minimum Gasteiger partial charge on any atom is -0.481 e. The molecule has 2 heterocycles. The predicted octanol–water partition coefficient (Wildman–Crippen LogP) is 1.72. The van der Waals surface area contributed by atoms with Gasteiger partial charge in [-0.2, -0.15) is 0 Å². The van der Waals surface area contributed by atoms with Gasteiger partial charge in [-0.3, -0.25) is 9.69 Å². The van der Waals surface area contributed by atoms with Gasteiger partial charge >= 0.3 is 5.97 Å². The van der Waals surface area contributed by atoms with Gasteiger partial charge in [0.05, 0.1) is 18.9 Å². The summed E-state index contributed by atoms with van der Waals surface area (Å²) in [4.78, 5) is 12.9. The standard InChI is InChI=1S/C11H15NO3/c13-11(14)6-10-2-1-4-12(10)7-9-3-5-15-8-9/h3,5,8,10H,1-2,4,6-7H2,(H,13,14). The van der Waals surface area contributed by atoms with Crippen molar-refractivity contribution in [2.24, 2.45) is 0 Å². The third kappa shape index (κ3) is 2.59. The Labute approximate surface area is 88.5 Å². The molecule has 1 aromatic rings. The van der Waals surface area contributed by atoms with E-state index >= 15 is 0 Å². The predicted molar refractivity (Wildman–Crippen MR) is 54.4 cm³/mol. The first-order chi connectivity index (χ1) is 7.25. The summed E-state index contributed by atoms with van der Waals surface area (Å²) in [7, 11) is 0. The van der Waals surface area contributed by atoms with E-state index in [4.69, 9.17) is 9.52 Å². The molecule has 2 rings (SSSR count). The van der Waals surface area contributed by atoms with E-state index in [2.05, 4.69) is 4.90 Å². The van der Waals surface area contributed by atoms with Crippen LogP contribution in [0.2, 0.25) is 0 Å². The molecule has 0 aliphatic carbocycles. The summed E-state index contributed by atoms with van der Waals surface area (Å²) < 4.78 is 5.00. The zero-order valence-corrected chi connectivity index (χ0v) is 8.56. The highest BCUT2D eigenvalue weighted by Crippen LogP contribution is 2.22. The molecular formula is C11H15NO3. The molecule has 1 saturated heterocycles. The van der Waals surface area contributed by atoms with Crippen molar-refractivity contribution in [1.82, 2.24) is 4.90 Å². The Morgan fingerprint density at radius 3 is 3.20 bits per heavy atom. The molecule has 1 aliphatic rings. The zero-order chi connectivity index (χ0) is 10.7. The van der Waals surface area contributed by atoms with Crippen LogP contribution in [-0.4, -0.2) is 28.6 Å². The van der Waals surface area contributed by atoms with Crippen LogP contribution in [-0.2, 0) is 11.3 Å². The molecule has 0 saturated carbocycles. The first-order valence-corrected chi connectivity index (χ1v) is 5.22. The van der Waals surface area contributed by atoms with E-state index in [1.54, 1.807) is 12.5 Å². The minimum absolute atomic E-state index is 0.192. The van der Waals surface area contributed by atoms with Gasteiger partial charge in [-0.15, -0.1) is 0 Å². The van der Waals surface area contributed by atoms with Crippen LogP contribution >= 0.6 is 0 Å². The molecule has 0 radical (unpaired) electrons. The van der Waals surface area contributed by atoms with E-state index in [0.717, 1.165) is 31.5 Å². The van der Waals surface area contributed by atoms with Crippen molar-refractivity contribution in [3.63, 3.8) is 0 Å². The first kappa shape index (κ1) is 10.2. The van der Waals surface area contributed by atoms with Crippen molar-refractivity contribution in [2.75, 3.05) is 6.54 Å². The number of carboxylic acids is 1. The maximum atomic E-state index is 10.7. The number of carboxylic acid groups (broad SMARTS) is 1. The lowest BCUT2D eigenvalue weighted by atomic mass is 10.1.